The summed E-state index contributed by atoms with van der Waals surface area (Å²) in [6.07, 6.45) is 1.63. The van der Waals surface area contributed by atoms with Crippen molar-refractivity contribution in [1.82, 2.24) is 4.98 Å². The number of aromatic hydroxyl groups is 1. The third-order valence-corrected chi connectivity index (χ3v) is 8.07. The fourth-order valence-corrected chi connectivity index (χ4v) is 6.71. The minimum absolute atomic E-state index is 0.0709. The molecule has 0 aliphatic rings. The first-order valence-corrected chi connectivity index (χ1v) is 13.5. The number of nitrogens with zero attached hydrogens (tertiary/aromatic N) is 3. The largest absolute Gasteiger partial charge is 0.506 e. The van der Waals surface area contributed by atoms with E-state index < -0.39 is 4.92 Å². The summed E-state index contributed by atoms with van der Waals surface area (Å²) in [6.45, 7) is 0. The minimum atomic E-state index is -0.531. The summed E-state index contributed by atoms with van der Waals surface area (Å²) in [5.41, 5.74) is 2.16. The predicted molar refractivity (Wildman–Crippen MR) is 153 cm³/mol. The summed E-state index contributed by atoms with van der Waals surface area (Å²) in [4.78, 5) is 31.9. The fourth-order valence-electron chi connectivity index (χ4n) is 2.91. The number of rotatable bonds is 7. The number of thiazole rings is 1. The normalized spacial score (nSPS) is 11.2. The fraction of sp³-hybridized carbons (Fsp3) is 0.0455. The number of nitrogens with one attached hydrogen (secondary N) is 1. The molecule has 0 saturated heterocycles. The second-order valence-corrected chi connectivity index (χ2v) is 11.5. The van der Waals surface area contributed by atoms with Crippen LogP contribution in [0.25, 0.3) is 10.2 Å². The first-order valence-electron chi connectivity index (χ1n) is 9.59. The molecule has 1 aromatic heterocycles. The van der Waals surface area contributed by atoms with E-state index in [1.54, 1.807) is 18.3 Å². The van der Waals surface area contributed by atoms with Gasteiger partial charge in [0.15, 0.2) is 4.34 Å². The van der Waals surface area contributed by atoms with Crippen LogP contribution in [0, 0.1) is 17.3 Å². The first-order chi connectivity index (χ1) is 16.3. The molecular formula is C22H14I2N4O4S2. The molecule has 4 rings (SSSR count). The van der Waals surface area contributed by atoms with Crippen LogP contribution < -0.4 is 5.32 Å². The number of amides is 1. The number of carbonyl (C=O) groups is 1. The molecule has 0 radical (unpaired) electrons. The quantitative estimate of drug-likeness (QED) is 0.0732. The number of phenolic OH excluding ortho intramolecular Hbond substituents is 1. The number of para-hydroxylation sites is 2. The van der Waals surface area contributed by atoms with Crippen LogP contribution in [-0.4, -0.2) is 32.9 Å². The number of carbonyl (C=O) groups excluding carboxylic acids is 1. The lowest BCUT2D eigenvalue weighted by Crippen LogP contribution is -2.15. The van der Waals surface area contributed by atoms with E-state index in [4.69, 9.17) is 0 Å². The molecule has 0 unspecified atom stereocenters. The summed E-state index contributed by atoms with van der Waals surface area (Å²) in [7, 11) is 0. The SMILES string of the molecule is O=C(CSc1nc2ccc(N=Cc3cc(I)cc(I)c3O)cc2s1)Nc1ccccc1[N+](=O)[O-]. The highest BCUT2D eigenvalue weighted by molar-refractivity contribution is 14.1. The summed E-state index contributed by atoms with van der Waals surface area (Å²) in [6, 6.07) is 15.4. The van der Waals surface area contributed by atoms with Gasteiger partial charge in [0, 0.05) is 21.4 Å². The van der Waals surface area contributed by atoms with Gasteiger partial charge in [0.05, 0.1) is 30.2 Å². The van der Waals surface area contributed by atoms with E-state index in [1.807, 2.05) is 30.3 Å². The Kier molecular flexibility index (Phi) is 8.00. The third-order valence-electron chi connectivity index (χ3n) is 4.46. The van der Waals surface area contributed by atoms with Gasteiger partial charge in [0.1, 0.15) is 11.4 Å². The van der Waals surface area contributed by atoms with E-state index in [1.165, 1.54) is 35.2 Å². The number of thioether (sulfide) groups is 1. The van der Waals surface area contributed by atoms with Gasteiger partial charge in [-0.05, 0) is 81.6 Å². The van der Waals surface area contributed by atoms with Gasteiger partial charge in [0.25, 0.3) is 5.69 Å². The van der Waals surface area contributed by atoms with E-state index in [0.717, 1.165) is 23.0 Å². The van der Waals surface area contributed by atoms with Crippen LogP contribution in [0.5, 0.6) is 5.75 Å². The Bertz CT molecular complexity index is 1440. The lowest BCUT2D eigenvalue weighted by atomic mass is 10.2. The molecule has 34 heavy (non-hydrogen) atoms. The third kappa shape index (κ3) is 6.03. The van der Waals surface area contributed by atoms with Gasteiger partial charge < -0.3 is 10.4 Å². The Hall–Kier alpha value is -2.30. The van der Waals surface area contributed by atoms with Gasteiger partial charge in [0.2, 0.25) is 5.91 Å². The highest BCUT2D eigenvalue weighted by Gasteiger charge is 2.15. The lowest BCUT2D eigenvalue weighted by Gasteiger charge is -2.04. The number of fused-ring (bicyclic) bond motifs is 1. The summed E-state index contributed by atoms with van der Waals surface area (Å²) < 4.78 is 3.39. The number of nitro groups is 1. The number of benzene rings is 3. The highest BCUT2D eigenvalue weighted by Crippen LogP contribution is 2.33. The molecule has 2 N–H and O–H groups in total. The molecule has 8 nitrogen and oxygen atoms in total. The van der Waals surface area contributed by atoms with Crippen LogP contribution in [0.2, 0.25) is 0 Å². The maximum absolute atomic E-state index is 12.3. The molecule has 0 spiro atoms. The number of anilines is 1. The van der Waals surface area contributed by atoms with Crippen LogP contribution in [0.3, 0.4) is 0 Å². The number of halogens is 2. The molecule has 0 saturated carbocycles. The van der Waals surface area contributed by atoms with E-state index in [2.05, 4.69) is 60.5 Å². The average molecular weight is 716 g/mol. The Balaban J connectivity index is 1.44. The van der Waals surface area contributed by atoms with Crippen molar-refractivity contribution in [3.8, 4) is 5.75 Å². The second-order valence-electron chi connectivity index (χ2n) is 6.83. The average Bonchev–Trinajstić information content (AvgIpc) is 3.21. The summed E-state index contributed by atoms with van der Waals surface area (Å²) in [5, 5.41) is 23.9. The van der Waals surface area contributed by atoms with Crippen molar-refractivity contribution in [2.45, 2.75) is 4.34 Å². The Morgan fingerprint density at radius 3 is 2.82 bits per heavy atom. The molecule has 0 fully saturated rings. The van der Waals surface area contributed by atoms with Gasteiger partial charge in [-0.15, -0.1) is 11.3 Å². The first kappa shape index (κ1) is 24.8. The number of nitro benzene ring substituents is 1. The molecule has 3 aromatic carbocycles. The predicted octanol–water partition coefficient (Wildman–Crippen LogP) is 6.60. The number of hydrogen-bond donors (Lipinski definition) is 2. The van der Waals surface area contributed by atoms with Crippen LogP contribution in [-0.2, 0) is 4.79 Å². The topological polar surface area (TPSA) is 118 Å². The zero-order valence-electron chi connectivity index (χ0n) is 17.1. The van der Waals surface area contributed by atoms with Crippen molar-refractivity contribution in [2.75, 3.05) is 11.1 Å². The van der Waals surface area contributed by atoms with Gasteiger partial charge in [-0.25, -0.2) is 4.98 Å². The van der Waals surface area contributed by atoms with E-state index in [9.17, 15) is 20.0 Å². The number of hydrogen-bond acceptors (Lipinski definition) is 8. The van der Waals surface area contributed by atoms with E-state index in [0.29, 0.717) is 9.90 Å². The molecular weight excluding hydrogens is 702 g/mol. The van der Waals surface area contributed by atoms with Crippen LogP contribution in [0.15, 0.2) is 63.9 Å². The Labute approximate surface area is 229 Å². The molecule has 4 aromatic rings. The number of aliphatic imine (C=N–C) groups is 1. The molecule has 1 amide bonds. The van der Waals surface area contributed by atoms with Crippen molar-refractivity contribution in [1.29, 1.82) is 0 Å². The monoisotopic (exact) mass is 716 g/mol. The lowest BCUT2D eigenvalue weighted by molar-refractivity contribution is -0.383. The molecule has 172 valence electrons. The maximum atomic E-state index is 12.3. The van der Waals surface area contributed by atoms with Crippen molar-refractivity contribution in [3.05, 3.63) is 77.4 Å². The van der Waals surface area contributed by atoms with Crippen molar-refractivity contribution in [2.24, 2.45) is 4.99 Å². The van der Waals surface area contributed by atoms with Crippen molar-refractivity contribution in [3.63, 3.8) is 0 Å². The molecule has 0 aliphatic carbocycles. The van der Waals surface area contributed by atoms with Gasteiger partial charge in [-0.2, -0.15) is 0 Å². The van der Waals surface area contributed by atoms with Crippen LogP contribution in [0.4, 0.5) is 17.1 Å². The van der Waals surface area contributed by atoms with E-state index in [-0.39, 0.29) is 28.8 Å². The Morgan fingerprint density at radius 2 is 2.03 bits per heavy atom. The van der Waals surface area contributed by atoms with Crippen LogP contribution >= 0.6 is 68.3 Å². The summed E-state index contributed by atoms with van der Waals surface area (Å²) in [5.74, 6) is -0.0845. The smallest absolute Gasteiger partial charge is 0.292 e. The number of phenols is 1. The van der Waals surface area contributed by atoms with E-state index >= 15 is 0 Å². The second kappa shape index (κ2) is 11.0. The number of aromatic nitrogens is 1. The van der Waals surface area contributed by atoms with Gasteiger partial charge in [-0.3, -0.25) is 19.9 Å². The molecule has 0 aliphatic heterocycles. The Morgan fingerprint density at radius 1 is 1.24 bits per heavy atom. The van der Waals surface area contributed by atoms with Crippen molar-refractivity contribution >= 4 is 108 Å². The molecule has 0 bridgehead atoms. The van der Waals surface area contributed by atoms with Gasteiger partial charge in [-0.1, -0.05) is 23.9 Å². The zero-order valence-corrected chi connectivity index (χ0v) is 23.0. The highest BCUT2D eigenvalue weighted by atomic mass is 127. The zero-order chi connectivity index (χ0) is 24.2. The molecule has 0 atom stereocenters. The standard InChI is InChI=1S/C22H14I2N4O4S2/c23-13-7-12(21(30)15(24)8-13)10-25-14-5-6-17-19(9-14)34-22(27-17)33-11-20(29)26-16-3-1-2-4-18(16)28(31)32/h1-10,30H,11H2,(H,26,29). The molecule has 1 heterocycles. The van der Waals surface area contributed by atoms with Gasteiger partial charge >= 0.3 is 0 Å². The minimum Gasteiger partial charge on any atom is -0.506 e. The summed E-state index contributed by atoms with van der Waals surface area (Å²) >= 11 is 6.97. The van der Waals surface area contributed by atoms with Crippen LogP contribution in [0.1, 0.15) is 5.56 Å². The maximum Gasteiger partial charge on any atom is 0.292 e. The molecule has 12 heteroatoms. The van der Waals surface area contributed by atoms with Crippen molar-refractivity contribution < 1.29 is 14.8 Å².